The van der Waals surface area contributed by atoms with Crippen LogP contribution in [-0.2, 0) is 4.79 Å². The Morgan fingerprint density at radius 2 is 1.57 bits per heavy atom. The Bertz CT molecular complexity index is 683. The molecule has 0 spiro atoms. The fourth-order valence-corrected chi connectivity index (χ4v) is 2.70. The third-order valence-electron chi connectivity index (χ3n) is 3.96. The monoisotopic (exact) mass is 313 g/mol. The Morgan fingerprint density at radius 1 is 0.957 bits per heavy atom. The van der Waals surface area contributed by atoms with Crippen molar-refractivity contribution in [2.24, 2.45) is 0 Å². The highest BCUT2D eigenvalue weighted by molar-refractivity contribution is 5.83. The highest BCUT2D eigenvalue weighted by atomic mass is 19.1. The molecular formula is C18H20FN3O. The molecule has 5 heteroatoms. The fourth-order valence-electron chi connectivity index (χ4n) is 2.70. The van der Waals surface area contributed by atoms with E-state index < -0.39 is 0 Å². The summed E-state index contributed by atoms with van der Waals surface area (Å²) in [5, 5.41) is 6.23. The molecule has 0 atom stereocenters. The van der Waals surface area contributed by atoms with Gasteiger partial charge in [-0.1, -0.05) is 24.3 Å². The summed E-state index contributed by atoms with van der Waals surface area (Å²) in [5.74, 6) is -0.210. The minimum atomic E-state index is -0.310. The maximum atomic E-state index is 13.8. The van der Waals surface area contributed by atoms with Gasteiger partial charge in [-0.2, -0.15) is 0 Å². The molecule has 3 rings (SSSR count). The Hall–Kier alpha value is -2.56. The predicted octanol–water partition coefficient (Wildman–Crippen LogP) is 3.60. The Labute approximate surface area is 135 Å². The largest absolute Gasteiger partial charge is 0.374 e. The van der Waals surface area contributed by atoms with E-state index in [1.54, 1.807) is 18.2 Å². The summed E-state index contributed by atoms with van der Waals surface area (Å²) in [6.07, 6.45) is 2.16. The third-order valence-corrected chi connectivity index (χ3v) is 3.96. The molecule has 1 aliphatic heterocycles. The molecule has 2 aromatic carbocycles. The molecule has 23 heavy (non-hydrogen) atoms. The number of hydrogen-bond donors (Lipinski definition) is 2. The molecule has 1 heterocycles. The van der Waals surface area contributed by atoms with Gasteiger partial charge < -0.3 is 15.5 Å². The van der Waals surface area contributed by atoms with Gasteiger partial charge in [0.2, 0.25) is 5.91 Å². The van der Waals surface area contributed by atoms with E-state index in [1.165, 1.54) is 6.07 Å². The third kappa shape index (κ3) is 3.80. The topological polar surface area (TPSA) is 44.4 Å². The van der Waals surface area contributed by atoms with Crippen molar-refractivity contribution < 1.29 is 9.18 Å². The van der Waals surface area contributed by atoms with Crippen LogP contribution in [0.5, 0.6) is 0 Å². The highest BCUT2D eigenvalue weighted by Gasteiger charge is 2.17. The first-order valence-electron chi connectivity index (χ1n) is 7.86. The molecule has 0 bridgehead atoms. The van der Waals surface area contributed by atoms with Crippen LogP contribution < -0.4 is 10.6 Å². The molecule has 1 fully saturated rings. The van der Waals surface area contributed by atoms with E-state index in [0.717, 1.165) is 37.3 Å². The van der Waals surface area contributed by atoms with Crippen molar-refractivity contribution in [2.75, 3.05) is 30.3 Å². The second-order valence-electron chi connectivity index (χ2n) is 5.59. The van der Waals surface area contributed by atoms with Gasteiger partial charge in [-0.3, -0.25) is 4.79 Å². The Balaban J connectivity index is 1.68. The molecular weight excluding hydrogens is 293 g/mol. The number of hydrogen-bond acceptors (Lipinski definition) is 3. The second kappa shape index (κ2) is 7.13. The lowest BCUT2D eigenvalue weighted by molar-refractivity contribution is -0.128. The van der Waals surface area contributed by atoms with E-state index in [2.05, 4.69) is 10.6 Å². The second-order valence-corrected chi connectivity index (χ2v) is 5.59. The van der Waals surface area contributed by atoms with Crippen molar-refractivity contribution >= 4 is 23.0 Å². The Morgan fingerprint density at radius 3 is 2.26 bits per heavy atom. The van der Waals surface area contributed by atoms with E-state index in [4.69, 9.17) is 0 Å². The van der Waals surface area contributed by atoms with E-state index >= 15 is 0 Å². The van der Waals surface area contributed by atoms with Crippen LogP contribution in [0.1, 0.15) is 12.8 Å². The number of amides is 1. The zero-order chi connectivity index (χ0) is 16.1. The van der Waals surface area contributed by atoms with E-state index in [1.807, 2.05) is 29.2 Å². The number of nitrogens with zero attached hydrogens (tertiary/aromatic N) is 1. The van der Waals surface area contributed by atoms with Crippen LogP contribution in [0.4, 0.5) is 21.5 Å². The van der Waals surface area contributed by atoms with Crippen LogP contribution in [0.2, 0.25) is 0 Å². The molecule has 2 aromatic rings. The minimum absolute atomic E-state index is 0.100. The highest BCUT2D eigenvalue weighted by Crippen LogP contribution is 2.26. The van der Waals surface area contributed by atoms with E-state index in [0.29, 0.717) is 5.69 Å². The van der Waals surface area contributed by atoms with Crippen molar-refractivity contribution in [3.05, 3.63) is 54.3 Å². The first kappa shape index (κ1) is 15.3. The number of anilines is 3. The van der Waals surface area contributed by atoms with Gasteiger partial charge in [0.15, 0.2) is 0 Å². The van der Waals surface area contributed by atoms with Gasteiger partial charge in [-0.05, 0) is 37.1 Å². The zero-order valence-corrected chi connectivity index (χ0v) is 12.9. The molecule has 1 saturated heterocycles. The SMILES string of the molecule is O=C(CNc1ccccc1Nc1ccccc1F)N1CCCC1. The first-order valence-corrected chi connectivity index (χ1v) is 7.86. The zero-order valence-electron chi connectivity index (χ0n) is 12.9. The molecule has 0 radical (unpaired) electrons. The summed E-state index contributed by atoms with van der Waals surface area (Å²) in [6.45, 7) is 1.93. The van der Waals surface area contributed by atoms with Gasteiger partial charge in [-0.25, -0.2) is 4.39 Å². The quantitative estimate of drug-likeness (QED) is 0.886. The minimum Gasteiger partial charge on any atom is -0.374 e. The van der Waals surface area contributed by atoms with Crippen LogP contribution in [0.3, 0.4) is 0 Å². The number of nitrogens with one attached hydrogen (secondary N) is 2. The van der Waals surface area contributed by atoms with Gasteiger partial charge in [0.1, 0.15) is 5.82 Å². The average Bonchev–Trinajstić information content (AvgIpc) is 3.10. The number of carbonyl (C=O) groups is 1. The van der Waals surface area contributed by atoms with Crippen LogP contribution in [0.25, 0.3) is 0 Å². The van der Waals surface area contributed by atoms with E-state index in [9.17, 15) is 9.18 Å². The van der Waals surface area contributed by atoms with Gasteiger partial charge in [0.05, 0.1) is 23.6 Å². The number of likely N-dealkylation sites (tertiary alicyclic amines) is 1. The summed E-state index contributed by atoms with van der Waals surface area (Å²) in [4.78, 5) is 14.0. The van der Waals surface area contributed by atoms with Gasteiger partial charge in [0, 0.05) is 13.1 Å². The molecule has 120 valence electrons. The number of halogens is 1. The standard InChI is InChI=1S/C18H20FN3O/c19-14-7-1-2-8-15(14)21-17-10-4-3-9-16(17)20-13-18(23)22-11-5-6-12-22/h1-4,7-10,20-21H,5-6,11-13H2. The number of para-hydroxylation sites is 3. The number of carbonyl (C=O) groups excluding carboxylic acids is 1. The van der Waals surface area contributed by atoms with Crippen LogP contribution in [0.15, 0.2) is 48.5 Å². The van der Waals surface area contributed by atoms with Gasteiger partial charge in [-0.15, -0.1) is 0 Å². The molecule has 0 unspecified atom stereocenters. The first-order chi connectivity index (χ1) is 11.2. The molecule has 0 saturated carbocycles. The number of rotatable bonds is 5. The van der Waals surface area contributed by atoms with Crippen molar-refractivity contribution in [1.82, 2.24) is 4.90 Å². The van der Waals surface area contributed by atoms with Crippen molar-refractivity contribution in [1.29, 1.82) is 0 Å². The van der Waals surface area contributed by atoms with Crippen molar-refractivity contribution in [2.45, 2.75) is 12.8 Å². The average molecular weight is 313 g/mol. The smallest absolute Gasteiger partial charge is 0.241 e. The number of benzene rings is 2. The van der Waals surface area contributed by atoms with Crippen molar-refractivity contribution in [3.63, 3.8) is 0 Å². The summed E-state index contributed by atoms with van der Waals surface area (Å²) < 4.78 is 13.8. The van der Waals surface area contributed by atoms with Crippen LogP contribution >= 0.6 is 0 Å². The maximum Gasteiger partial charge on any atom is 0.241 e. The molecule has 2 N–H and O–H groups in total. The van der Waals surface area contributed by atoms with Crippen LogP contribution in [-0.4, -0.2) is 30.4 Å². The summed E-state index contributed by atoms with van der Waals surface area (Å²) in [5.41, 5.74) is 1.93. The van der Waals surface area contributed by atoms with Gasteiger partial charge >= 0.3 is 0 Å². The molecule has 4 nitrogen and oxygen atoms in total. The summed E-state index contributed by atoms with van der Waals surface area (Å²) >= 11 is 0. The normalized spacial score (nSPS) is 13.9. The summed E-state index contributed by atoms with van der Waals surface area (Å²) in [7, 11) is 0. The summed E-state index contributed by atoms with van der Waals surface area (Å²) in [6, 6.07) is 14.0. The van der Waals surface area contributed by atoms with Crippen LogP contribution in [0, 0.1) is 5.82 Å². The predicted molar refractivity (Wildman–Crippen MR) is 90.4 cm³/mol. The molecule has 0 aromatic heterocycles. The van der Waals surface area contributed by atoms with E-state index in [-0.39, 0.29) is 18.3 Å². The molecule has 1 amide bonds. The lowest BCUT2D eigenvalue weighted by Crippen LogP contribution is -2.33. The Kier molecular flexibility index (Phi) is 4.76. The lowest BCUT2D eigenvalue weighted by Gasteiger charge is -2.18. The maximum absolute atomic E-state index is 13.8. The fraction of sp³-hybridized carbons (Fsp3) is 0.278. The molecule has 0 aliphatic carbocycles. The van der Waals surface area contributed by atoms with Gasteiger partial charge in [0.25, 0.3) is 0 Å². The molecule has 1 aliphatic rings. The van der Waals surface area contributed by atoms with Crippen molar-refractivity contribution in [3.8, 4) is 0 Å². The lowest BCUT2D eigenvalue weighted by atomic mass is 10.2.